The molecule has 5 heteroatoms. The van der Waals surface area contributed by atoms with E-state index < -0.39 is 0 Å². The molecule has 1 saturated heterocycles. The van der Waals surface area contributed by atoms with Crippen molar-refractivity contribution in [3.8, 4) is 11.1 Å². The van der Waals surface area contributed by atoms with Crippen LogP contribution in [0.2, 0.25) is 0 Å². The lowest BCUT2D eigenvalue weighted by Crippen LogP contribution is -2.18. The normalized spacial score (nSPS) is 14.9. The van der Waals surface area contributed by atoms with Gasteiger partial charge in [0.15, 0.2) is 0 Å². The molecule has 0 aliphatic carbocycles. The van der Waals surface area contributed by atoms with Gasteiger partial charge in [0.05, 0.1) is 7.11 Å². The van der Waals surface area contributed by atoms with Crippen molar-refractivity contribution < 1.29 is 9.53 Å². The zero-order chi connectivity index (χ0) is 17.1. The van der Waals surface area contributed by atoms with Gasteiger partial charge < -0.3 is 10.5 Å². The Morgan fingerprint density at radius 3 is 2.50 bits per heavy atom. The van der Waals surface area contributed by atoms with Crippen molar-refractivity contribution in [1.29, 1.82) is 0 Å². The third-order valence-corrected chi connectivity index (χ3v) is 5.62. The molecule has 1 aromatic heterocycles. The quantitative estimate of drug-likeness (QED) is 0.835. The van der Waals surface area contributed by atoms with E-state index in [2.05, 4.69) is 36.1 Å². The molecule has 1 aliphatic heterocycles. The fourth-order valence-electron chi connectivity index (χ4n) is 3.27. The standard InChI is InChI=1S/C19H24N2O2S/c1-3-13-6-8-14(9-7-13)16-15(12-21-10-4-5-11-21)24-18(20)17(16)19(22)23-2/h6-9H,3-5,10-12,20H2,1-2H3. The second-order valence-electron chi connectivity index (χ2n) is 6.16. The number of nitrogens with zero attached hydrogens (tertiary/aromatic N) is 1. The second kappa shape index (κ2) is 7.36. The van der Waals surface area contributed by atoms with E-state index in [1.54, 1.807) is 0 Å². The maximum atomic E-state index is 12.3. The van der Waals surface area contributed by atoms with E-state index in [1.807, 2.05) is 0 Å². The number of hydrogen-bond acceptors (Lipinski definition) is 5. The Bertz CT molecular complexity index is 716. The van der Waals surface area contributed by atoms with E-state index >= 15 is 0 Å². The zero-order valence-electron chi connectivity index (χ0n) is 14.3. The van der Waals surface area contributed by atoms with Crippen LogP contribution >= 0.6 is 11.3 Å². The van der Waals surface area contributed by atoms with Gasteiger partial charge in [0.1, 0.15) is 10.6 Å². The van der Waals surface area contributed by atoms with Gasteiger partial charge in [-0.15, -0.1) is 11.3 Å². The number of thiophene rings is 1. The van der Waals surface area contributed by atoms with Crippen LogP contribution in [0.5, 0.6) is 0 Å². The molecule has 24 heavy (non-hydrogen) atoms. The number of ether oxygens (including phenoxy) is 1. The molecule has 2 aromatic rings. The monoisotopic (exact) mass is 344 g/mol. The number of hydrogen-bond donors (Lipinski definition) is 1. The van der Waals surface area contributed by atoms with Crippen molar-refractivity contribution in [2.75, 3.05) is 25.9 Å². The lowest BCUT2D eigenvalue weighted by Gasteiger charge is -2.15. The summed E-state index contributed by atoms with van der Waals surface area (Å²) in [4.78, 5) is 15.9. The molecule has 0 amide bonds. The zero-order valence-corrected chi connectivity index (χ0v) is 15.1. The first-order chi connectivity index (χ1) is 11.6. The number of carbonyl (C=O) groups excluding carboxylic acids is 1. The predicted molar refractivity (Wildman–Crippen MR) is 99.4 cm³/mol. The van der Waals surface area contributed by atoms with Gasteiger partial charge in [0.2, 0.25) is 0 Å². The van der Waals surface area contributed by atoms with E-state index in [0.29, 0.717) is 10.6 Å². The first-order valence-electron chi connectivity index (χ1n) is 8.45. The van der Waals surface area contributed by atoms with Gasteiger partial charge >= 0.3 is 5.97 Å². The highest BCUT2D eigenvalue weighted by atomic mass is 32.1. The highest BCUT2D eigenvalue weighted by Gasteiger charge is 2.25. The summed E-state index contributed by atoms with van der Waals surface area (Å²) in [6.45, 7) is 5.20. The third-order valence-electron chi connectivity index (χ3n) is 4.61. The molecule has 1 aromatic carbocycles. The molecule has 0 bridgehead atoms. The summed E-state index contributed by atoms with van der Waals surface area (Å²) in [7, 11) is 1.41. The molecule has 1 aliphatic rings. The molecule has 3 rings (SSSR count). The molecule has 0 atom stereocenters. The summed E-state index contributed by atoms with van der Waals surface area (Å²) < 4.78 is 4.98. The lowest BCUT2D eigenvalue weighted by molar-refractivity contribution is 0.0603. The number of aryl methyl sites for hydroxylation is 1. The van der Waals surface area contributed by atoms with Gasteiger partial charge in [0.25, 0.3) is 0 Å². The fourth-order valence-corrected chi connectivity index (χ4v) is 4.39. The second-order valence-corrected chi connectivity index (χ2v) is 7.30. The van der Waals surface area contributed by atoms with Gasteiger partial charge in [-0.05, 0) is 43.5 Å². The lowest BCUT2D eigenvalue weighted by atomic mass is 9.99. The minimum atomic E-state index is -0.356. The first-order valence-corrected chi connectivity index (χ1v) is 9.26. The van der Waals surface area contributed by atoms with E-state index in [9.17, 15) is 4.79 Å². The van der Waals surface area contributed by atoms with Crippen molar-refractivity contribution in [3.63, 3.8) is 0 Å². The fraction of sp³-hybridized carbons (Fsp3) is 0.421. The maximum absolute atomic E-state index is 12.3. The Morgan fingerprint density at radius 2 is 1.92 bits per heavy atom. The first kappa shape index (κ1) is 17.0. The number of esters is 1. The molecule has 2 heterocycles. The number of likely N-dealkylation sites (tertiary alicyclic amines) is 1. The highest BCUT2D eigenvalue weighted by molar-refractivity contribution is 7.17. The number of methoxy groups -OCH3 is 1. The largest absolute Gasteiger partial charge is 0.465 e. The number of anilines is 1. The molecular formula is C19H24N2O2S. The smallest absolute Gasteiger partial charge is 0.341 e. The minimum absolute atomic E-state index is 0.356. The van der Waals surface area contributed by atoms with E-state index in [-0.39, 0.29) is 5.97 Å². The predicted octanol–water partition coefficient (Wildman–Crippen LogP) is 3.94. The summed E-state index contributed by atoms with van der Waals surface area (Å²) in [5.41, 5.74) is 9.96. The van der Waals surface area contributed by atoms with Crippen LogP contribution in [0.1, 0.15) is 40.6 Å². The summed E-state index contributed by atoms with van der Waals surface area (Å²) in [5, 5.41) is 0.547. The number of benzene rings is 1. The summed E-state index contributed by atoms with van der Waals surface area (Å²) >= 11 is 1.51. The third kappa shape index (κ3) is 3.32. The van der Waals surface area contributed by atoms with Gasteiger partial charge in [-0.1, -0.05) is 31.2 Å². The molecule has 0 unspecified atom stereocenters. The van der Waals surface area contributed by atoms with Crippen molar-refractivity contribution in [3.05, 3.63) is 40.3 Å². The van der Waals surface area contributed by atoms with E-state index in [1.165, 1.54) is 36.9 Å². The Morgan fingerprint density at radius 1 is 1.25 bits per heavy atom. The van der Waals surface area contributed by atoms with Crippen LogP contribution in [0, 0.1) is 0 Å². The number of carbonyl (C=O) groups is 1. The Balaban J connectivity index is 2.05. The van der Waals surface area contributed by atoms with Gasteiger partial charge in [0, 0.05) is 17.0 Å². The SMILES string of the molecule is CCc1ccc(-c2c(CN3CCCC3)sc(N)c2C(=O)OC)cc1. The van der Waals surface area contributed by atoms with Crippen molar-refractivity contribution in [2.24, 2.45) is 0 Å². The maximum Gasteiger partial charge on any atom is 0.341 e. The van der Waals surface area contributed by atoms with Crippen LogP contribution in [0.3, 0.4) is 0 Å². The van der Waals surface area contributed by atoms with Crippen LogP contribution in [-0.4, -0.2) is 31.1 Å². The average Bonchev–Trinajstić information content (AvgIpc) is 3.22. The van der Waals surface area contributed by atoms with Crippen LogP contribution in [-0.2, 0) is 17.7 Å². The molecule has 0 radical (unpaired) electrons. The minimum Gasteiger partial charge on any atom is -0.465 e. The molecule has 0 saturated carbocycles. The molecule has 128 valence electrons. The average molecular weight is 344 g/mol. The molecule has 1 fully saturated rings. The van der Waals surface area contributed by atoms with Gasteiger partial charge in [-0.3, -0.25) is 4.90 Å². The topological polar surface area (TPSA) is 55.6 Å². The summed E-state index contributed by atoms with van der Waals surface area (Å²) in [6, 6.07) is 8.40. The van der Waals surface area contributed by atoms with Crippen molar-refractivity contribution >= 4 is 22.3 Å². The van der Waals surface area contributed by atoms with Gasteiger partial charge in [-0.2, -0.15) is 0 Å². The highest BCUT2D eigenvalue weighted by Crippen LogP contribution is 2.40. The van der Waals surface area contributed by atoms with Crippen LogP contribution in [0.25, 0.3) is 11.1 Å². The Labute approximate surface area is 147 Å². The molecule has 0 spiro atoms. The Kier molecular flexibility index (Phi) is 5.21. The molecular weight excluding hydrogens is 320 g/mol. The molecule has 2 N–H and O–H groups in total. The summed E-state index contributed by atoms with van der Waals surface area (Å²) in [5.74, 6) is -0.356. The number of nitrogen functional groups attached to an aromatic ring is 1. The molecule has 4 nitrogen and oxygen atoms in total. The summed E-state index contributed by atoms with van der Waals surface area (Å²) in [6.07, 6.45) is 3.48. The Hall–Kier alpha value is -1.85. The van der Waals surface area contributed by atoms with E-state index in [4.69, 9.17) is 10.5 Å². The van der Waals surface area contributed by atoms with Crippen LogP contribution in [0.4, 0.5) is 5.00 Å². The van der Waals surface area contributed by atoms with E-state index in [0.717, 1.165) is 42.1 Å². The number of nitrogens with two attached hydrogens (primary N) is 1. The van der Waals surface area contributed by atoms with Crippen LogP contribution < -0.4 is 5.73 Å². The van der Waals surface area contributed by atoms with Crippen molar-refractivity contribution in [1.82, 2.24) is 4.90 Å². The van der Waals surface area contributed by atoms with Crippen LogP contribution in [0.15, 0.2) is 24.3 Å². The number of rotatable bonds is 5. The van der Waals surface area contributed by atoms with Crippen molar-refractivity contribution in [2.45, 2.75) is 32.7 Å². The van der Waals surface area contributed by atoms with Gasteiger partial charge in [-0.25, -0.2) is 4.79 Å².